The first kappa shape index (κ1) is 16.1. The van der Waals surface area contributed by atoms with E-state index in [4.69, 9.17) is 4.74 Å². The Bertz CT molecular complexity index is 1030. The van der Waals surface area contributed by atoms with Gasteiger partial charge in [0.1, 0.15) is 11.6 Å². The molecular weight excluding hydrogens is 331 g/mol. The van der Waals surface area contributed by atoms with E-state index in [0.717, 1.165) is 22.2 Å². The molecule has 26 heavy (non-hydrogen) atoms. The van der Waals surface area contributed by atoms with Crippen LogP contribution in [0.4, 0.5) is 10.3 Å². The lowest BCUT2D eigenvalue weighted by Gasteiger charge is -2.19. The molecule has 1 atom stereocenters. The van der Waals surface area contributed by atoms with Gasteiger partial charge in [0.25, 0.3) is 0 Å². The minimum Gasteiger partial charge on any atom is -0.497 e. The second-order valence-electron chi connectivity index (χ2n) is 5.83. The monoisotopic (exact) mass is 348 g/mol. The highest BCUT2D eigenvalue weighted by molar-refractivity contribution is 5.86. The molecule has 2 aromatic carbocycles. The van der Waals surface area contributed by atoms with Crippen molar-refractivity contribution in [1.29, 1.82) is 0 Å². The quantitative estimate of drug-likeness (QED) is 0.564. The van der Waals surface area contributed by atoms with Gasteiger partial charge >= 0.3 is 0 Å². The van der Waals surface area contributed by atoms with Gasteiger partial charge in [0.05, 0.1) is 13.2 Å². The van der Waals surface area contributed by atoms with E-state index in [9.17, 15) is 4.39 Å². The number of anilines is 1. The van der Waals surface area contributed by atoms with Gasteiger partial charge in [-0.2, -0.15) is 0 Å². The van der Waals surface area contributed by atoms with Gasteiger partial charge in [-0.05, 0) is 30.3 Å². The van der Waals surface area contributed by atoms with Gasteiger partial charge in [-0.25, -0.2) is 14.4 Å². The molecule has 0 saturated carbocycles. The number of hydrogen-bond acceptors (Lipinski definition) is 4. The van der Waals surface area contributed by atoms with E-state index < -0.39 is 6.04 Å². The average Bonchev–Trinajstić information content (AvgIpc) is 3.10. The summed E-state index contributed by atoms with van der Waals surface area (Å²) in [6, 6.07) is 13.7. The summed E-state index contributed by atoms with van der Waals surface area (Å²) >= 11 is 0. The zero-order valence-electron chi connectivity index (χ0n) is 14.1. The SMILES string of the molecule is COc1ccc2[nH]cc(C(Nc3ncccn3)c3ccccc3F)c2c1. The van der Waals surface area contributed by atoms with E-state index in [1.165, 1.54) is 6.07 Å². The molecule has 0 saturated heterocycles. The van der Waals surface area contributed by atoms with Crippen LogP contribution in [0.2, 0.25) is 0 Å². The first-order valence-electron chi connectivity index (χ1n) is 8.19. The number of fused-ring (bicyclic) bond motifs is 1. The Labute approximate surface area is 149 Å². The first-order valence-corrected chi connectivity index (χ1v) is 8.19. The van der Waals surface area contributed by atoms with Gasteiger partial charge in [-0.1, -0.05) is 18.2 Å². The van der Waals surface area contributed by atoms with Crippen molar-refractivity contribution in [3.63, 3.8) is 0 Å². The Morgan fingerprint density at radius 3 is 2.62 bits per heavy atom. The number of aromatic nitrogens is 3. The Morgan fingerprint density at radius 1 is 1.04 bits per heavy atom. The van der Waals surface area contributed by atoms with Gasteiger partial charge in [-0.3, -0.25) is 0 Å². The lowest BCUT2D eigenvalue weighted by molar-refractivity contribution is 0.415. The molecule has 2 heterocycles. The molecule has 6 heteroatoms. The van der Waals surface area contributed by atoms with E-state index in [-0.39, 0.29) is 5.82 Å². The largest absolute Gasteiger partial charge is 0.497 e. The van der Waals surface area contributed by atoms with Crippen molar-refractivity contribution in [1.82, 2.24) is 15.0 Å². The summed E-state index contributed by atoms with van der Waals surface area (Å²) in [5.74, 6) is 0.873. The molecule has 0 bridgehead atoms. The van der Waals surface area contributed by atoms with Crippen LogP contribution >= 0.6 is 0 Å². The summed E-state index contributed by atoms with van der Waals surface area (Å²) in [4.78, 5) is 11.7. The fourth-order valence-corrected chi connectivity index (χ4v) is 3.02. The third-order valence-corrected chi connectivity index (χ3v) is 4.29. The van der Waals surface area contributed by atoms with Crippen LogP contribution in [0, 0.1) is 5.82 Å². The topological polar surface area (TPSA) is 62.8 Å². The standard InChI is InChI=1S/C20H17FN4O/c1-26-13-7-8-18-15(11-13)16(12-24-18)19(14-5-2-3-6-17(14)21)25-20-22-9-4-10-23-20/h2-12,19,24H,1H3,(H,22,23,25). The van der Waals surface area contributed by atoms with Gasteiger partial charge in [0.15, 0.2) is 0 Å². The highest BCUT2D eigenvalue weighted by Gasteiger charge is 2.22. The van der Waals surface area contributed by atoms with Crippen LogP contribution in [0.25, 0.3) is 10.9 Å². The summed E-state index contributed by atoms with van der Waals surface area (Å²) in [7, 11) is 1.62. The molecule has 4 aromatic rings. The molecule has 0 radical (unpaired) electrons. The third-order valence-electron chi connectivity index (χ3n) is 4.29. The van der Waals surface area contributed by atoms with Crippen LogP contribution in [0.15, 0.2) is 67.1 Å². The maximum atomic E-state index is 14.6. The van der Waals surface area contributed by atoms with Crippen LogP contribution in [0.3, 0.4) is 0 Å². The van der Waals surface area contributed by atoms with E-state index in [2.05, 4.69) is 20.3 Å². The molecule has 0 aliphatic carbocycles. The number of benzene rings is 2. The minimum absolute atomic E-state index is 0.293. The highest BCUT2D eigenvalue weighted by Crippen LogP contribution is 2.34. The molecule has 1 unspecified atom stereocenters. The van der Waals surface area contributed by atoms with Crippen molar-refractivity contribution in [2.45, 2.75) is 6.04 Å². The predicted octanol–water partition coefficient (Wildman–Crippen LogP) is 4.31. The fraction of sp³-hybridized carbons (Fsp3) is 0.100. The molecule has 0 aliphatic heterocycles. The van der Waals surface area contributed by atoms with E-state index in [1.807, 2.05) is 30.5 Å². The molecule has 130 valence electrons. The zero-order valence-corrected chi connectivity index (χ0v) is 14.1. The van der Waals surface area contributed by atoms with Crippen LogP contribution < -0.4 is 10.1 Å². The maximum Gasteiger partial charge on any atom is 0.223 e. The molecule has 0 fully saturated rings. The second-order valence-corrected chi connectivity index (χ2v) is 5.83. The number of H-pyrrole nitrogens is 1. The van der Waals surface area contributed by atoms with Crippen molar-refractivity contribution in [3.05, 3.63) is 84.1 Å². The Morgan fingerprint density at radius 2 is 1.85 bits per heavy atom. The number of ether oxygens (including phenoxy) is 1. The molecule has 5 nitrogen and oxygen atoms in total. The van der Waals surface area contributed by atoms with Crippen LogP contribution in [0.1, 0.15) is 17.2 Å². The van der Waals surface area contributed by atoms with Gasteiger partial charge in [-0.15, -0.1) is 0 Å². The van der Waals surface area contributed by atoms with Gasteiger partial charge in [0, 0.05) is 40.6 Å². The summed E-state index contributed by atoms with van der Waals surface area (Å²) < 4.78 is 19.9. The molecule has 0 amide bonds. The number of hydrogen-bond donors (Lipinski definition) is 2. The smallest absolute Gasteiger partial charge is 0.223 e. The molecule has 0 spiro atoms. The Kier molecular flexibility index (Phi) is 4.23. The molecule has 0 aliphatic rings. The molecule has 4 rings (SSSR count). The number of methoxy groups -OCH3 is 1. The number of nitrogens with one attached hydrogen (secondary N) is 2. The average molecular weight is 348 g/mol. The predicted molar refractivity (Wildman–Crippen MR) is 98.7 cm³/mol. The van der Waals surface area contributed by atoms with Crippen molar-refractivity contribution >= 4 is 16.9 Å². The summed E-state index contributed by atoms with van der Waals surface area (Å²) in [5, 5.41) is 4.19. The number of halogens is 1. The molecule has 2 N–H and O–H groups in total. The zero-order chi connectivity index (χ0) is 17.9. The molecule has 2 aromatic heterocycles. The summed E-state index contributed by atoms with van der Waals surface area (Å²) in [5.41, 5.74) is 2.35. The normalized spacial score (nSPS) is 12.1. The van der Waals surface area contributed by atoms with E-state index >= 15 is 0 Å². The maximum absolute atomic E-state index is 14.6. The first-order chi connectivity index (χ1) is 12.8. The third kappa shape index (κ3) is 2.97. The number of rotatable bonds is 5. The van der Waals surface area contributed by atoms with Crippen molar-refractivity contribution in [2.75, 3.05) is 12.4 Å². The van der Waals surface area contributed by atoms with Crippen LogP contribution in [-0.4, -0.2) is 22.1 Å². The lowest BCUT2D eigenvalue weighted by Crippen LogP contribution is -2.15. The van der Waals surface area contributed by atoms with Crippen LogP contribution in [0.5, 0.6) is 5.75 Å². The van der Waals surface area contributed by atoms with Crippen LogP contribution in [-0.2, 0) is 0 Å². The summed E-state index contributed by atoms with van der Waals surface area (Å²) in [6.45, 7) is 0. The highest BCUT2D eigenvalue weighted by atomic mass is 19.1. The van der Waals surface area contributed by atoms with Crippen molar-refractivity contribution in [2.24, 2.45) is 0 Å². The van der Waals surface area contributed by atoms with E-state index in [0.29, 0.717) is 11.5 Å². The Balaban J connectivity index is 1.87. The minimum atomic E-state index is -0.459. The Hall–Kier alpha value is -3.41. The second kappa shape index (κ2) is 6.84. The number of nitrogens with zero attached hydrogens (tertiary/aromatic N) is 2. The number of aromatic amines is 1. The van der Waals surface area contributed by atoms with Gasteiger partial charge in [0.2, 0.25) is 5.95 Å². The molecular formula is C20H17FN4O. The van der Waals surface area contributed by atoms with E-state index in [1.54, 1.807) is 37.7 Å². The lowest BCUT2D eigenvalue weighted by atomic mass is 9.97. The van der Waals surface area contributed by atoms with Gasteiger partial charge < -0.3 is 15.0 Å². The summed E-state index contributed by atoms with van der Waals surface area (Å²) in [6.07, 6.45) is 5.16. The van der Waals surface area contributed by atoms with Crippen molar-refractivity contribution < 1.29 is 9.13 Å². The fourth-order valence-electron chi connectivity index (χ4n) is 3.02. The van der Waals surface area contributed by atoms with Crippen molar-refractivity contribution in [3.8, 4) is 5.75 Å².